The highest BCUT2D eigenvalue weighted by Crippen LogP contribution is 2.26. The van der Waals surface area contributed by atoms with E-state index in [1.54, 1.807) is 35.2 Å². The smallest absolute Gasteiger partial charge is 0.258 e. The minimum absolute atomic E-state index is 0.0120. The summed E-state index contributed by atoms with van der Waals surface area (Å²) in [4.78, 5) is 43.8. The standard InChI is InChI=1S/C32H34N2O7/c1-22-10-13-28-27(16-22)31(36)24(21-41-28)19-34(18-23-8-6-5-7-9-23)30(35)20-33(14-15-38-2)32(37)26-12-11-25(39-3)17-29(26)40-4/h5-13,16-17,21H,14-15,18-20H2,1-4H3. The zero-order chi connectivity index (χ0) is 29.4. The normalized spacial score (nSPS) is 10.8. The van der Waals surface area contributed by atoms with Gasteiger partial charge in [-0.05, 0) is 36.8 Å². The summed E-state index contributed by atoms with van der Waals surface area (Å²) < 4.78 is 21.6. The van der Waals surface area contributed by atoms with Crippen molar-refractivity contribution in [2.75, 3.05) is 41.0 Å². The number of ether oxygens (including phenoxy) is 3. The van der Waals surface area contributed by atoms with Crippen LogP contribution >= 0.6 is 0 Å². The Morgan fingerprint density at radius 1 is 0.878 bits per heavy atom. The van der Waals surface area contributed by atoms with Crippen LogP contribution in [0.15, 0.2) is 82.2 Å². The number of carbonyl (C=O) groups excluding carboxylic acids is 2. The molecule has 1 aromatic heterocycles. The van der Waals surface area contributed by atoms with Gasteiger partial charge in [-0.2, -0.15) is 0 Å². The lowest BCUT2D eigenvalue weighted by atomic mass is 10.1. The summed E-state index contributed by atoms with van der Waals surface area (Å²) in [5.74, 6) is 0.135. The van der Waals surface area contributed by atoms with Gasteiger partial charge in [0.05, 0.1) is 50.1 Å². The average molecular weight is 559 g/mol. The molecule has 9 nitrogen and oxygen atoms in total. The van der Waals surface area contributed by atoms with Gasteiger partial charge in [-0.1, -0.05) is 42.0 Å². The third kappa shape index (κ3) is 7.12. The molecule has 41 heavy (non-hydrogen) atoms. The predicted molar refractivity (Wildman–Crippen MR) is 155 cm³/mol. The fourth-order valence-corrected chi connectivity index (χ4v) is 4.50. The molecule has 0 spiro atoms. The van der Waals surface area contributed by atoms with Crippen LogP contribution < -0.4 is 14.9 Å². The number of benzene rings is 3. The highest BCUT2D eigenvalue weighted by atomic mass is 16.5. The van der Waals surface area contributed by atoms with E-state index in [9.17, 15) is 14.4 Å². The first-order valence-corrected chi connectivity index (χ1v) is 13.2. The SMILES string of the molecule is COCCN(CC(=O)N(Cc1ccccc1)Cc1coc2ccc(C)cc2c1=O)C(=O)c1ccc(OC)cc1OC. The van der Waals surface area contributed by atoms with Gasteiger partial charge < -0.3 is 28.4 Å². The monoisotopic (exact) mass is 558 g/mol. The summed E-state index contributed by atoms with van der Waals surface area (Å²) in [6.45, 7) is 2.32. The van der Waals surface area contributed by atoms with E-state index in [0.29, 0.717) is 28.0 Å². The van der Waals surface area contributed by atoms with E-state index in [2.05, 4.69) is 0 Å². The number of hydrogen-bond acceptors (Lipinski definition) is 7. The van der Waals surface area contributed by atoms with Crippen molar-refractivity contribution in [1.82, 2.24) is 9.80 Å². The predicted octanol–water partition coefficient (Wildman–Crippen LogP) is 4.44. The van der Waals surface area contributed by atoms with Crippen molar-refractivity contribution in [2.24, 2.45) is 0 Å². The Labute approximate surface area is 238 Å². The van der Waals surface area contributed by atoms with Crippen molar-refractivity contribution < 1.29 is 28.2 Å². The second-order valence-electron chi connectivity index (χ2n) is 9.61. The van der Waals surface area contributed by atoms with Crippen molar-refractivity contribution in [3.8, 4) is 11.5 Å². The Bertz CT molecular complexity index is 1570. The van der Waals surface area contributed by atoms with E-state index in [-0.39, 0.29) is 49.7 Å². The number of carbonyl (C=O) groups is 2. The van der Waals surface area contributed by atoms with Gasteiger partial charge in [-0.15, -0.1) is 0 Å². The molecule has 0 saturated carbocycles. The first-order chi connectivity index (χ1) is 19.8. The average Bonchev–Trinajstić information content (AvgIpc) is 3.00. The molecule has 0 unspecified atom stereocenters. The first kappa shape index (κ1) is 29.4. The fraction of sp³-hybridized carbons (Fsp3) is 0.281. The van der Waals surface area contributed by atoms with Gasteiger partial charge in [0.1, 0.15) is 23.6 Å². The van der Waals surface area contributed by atoms with Gasteiger partial charge in [0, 0.05) is 26.3 Å². The third-order valence-electron chi connectivity index (χ3n) is 6.75. The van der Waals surface area contributed by atoms with E-state index in [1.807, 2.05) is 43.3 Å². The molecule has 214 valence electrons. The molecule has 0 aliphatic heterocycles. The topological polar surface area (TPSA) is 98.5 Å². The number of nitrogens with zero attached hydrogens (tertiary/aromatic N) is 2. The Hall–Kier alpha value is -4.63. The second-order valence-corrected chi connectivity index (χ2v) is 9.61. The van der Waals surface area contributed by atoms with Crippen LogP contribution in [0.2, 0.25) is 0 Å². The highest BCUT2D eigenvalue weighted by Gasteiger charge is 2.26. The lowest BCUT2D eigenvalue weighted by Gasteiger charge is -2.28. The summed E-state index contributed by atoms with van der Waals surface area (Å²) in [7, 11) is 4.52. The van der Waals surface area contributed by atoms with Crippen LogP contribution in [0.1, 0.15) is 27.0 Å². The van der Waals surface area contributed by atoms with Crippen LogP contribution in [-0.4, -0.2) is 62.6 Å². The van der Waals surface area contributed by atoms with Gasteiger partial charge in [-0.3, -0.25) is 14.4 Å². The van der Waals surface area contributed by atoms with Gasteiger partial charge >= 0.3 is 0 Å². The summed E-state index contributed by atoms with van der Waals surface area (Å²) in [5.41, 5.74) is 2.73. The van der Waals surface area contributed by atoms with Crippen molar-refractivity contribution in [3.63, 3.8) is 0 Å². The molecule has 0 atom stereocenters. The Kier molecular flexibility index (Phi) is 9.76. The molecule has 0 saturated heterocycles. The van der Waals surface area contributed by atoms with Crippen LogP contribution in [0, 0.1) is 6.92 Å². The maximum Gasteiger partial charge on any atom is 0.258 e. The highest BCUT2D eigenvalue weighted by molar-refractivity contribution is 5.99. The molecule has 0 fully saturated rings. The number of rotatable bonds is 12. The Morgan fingerprint density at radius 2 is 1.66 bits per heavy atom. The van der Waals surface area contributed by atoms with Gasteiger partial charge in [-0.25, -0.2) is 0 Å². The van der Waals surface area contributed by atoms with Crippen LogP contribution in [0.3, 0.4) is 0 Å². The molecular weight excluding hydrogens is 524 g/mol. The van der Waals surface area contributed by atoms with Crippen molar-refractivity contribution in [3.05, 3.63) is 105 Å². The van der Waals surface area contributed by atoms with E-state index in [1.165, 1.54) is 32.5 Å². The van der Waals surface area contributed by atoms with Crippen LogP contribution in [0.25, 0.3) is 11.0 Å². The van der Waals surface area contributed by atoms with E-state index < -0.39 is 5.91 Å². The first-order valence-electron chi connectivity index (χ1n) is 13.2. The van der Waals surface area contributed by atoms with Crippen molar-refractivity contribution in [2.45, 2.75) is 20.0 Å². The number of hydrogen-bond donors (Lipinski definition) is 0. The maximum absolute atomic E-state index is 13.9. The molecule has 3 aromatic carbocycles. The minimum Gasteiger partial charge on any atom is -0.497 e. The Balaban J connectivity index is 1.65. The molecule has 0 N–H and O–H groups in total. The number of methoxy groups -OCH3 is 3. The molecule has 4 aromatic rings. The fourth-order valence-electron chi connectivity index (χ4n) is 4.50. The summed E-state index contributed by atoms with van der Waals surface area (Å²) in [6, 6.07) is 19.8. The second kappa shape index (κ2) is 13.6. The zero-order valence-corrected chi connectivity index (χ0v) is 23.7. The van der Waals surface area contributed by atoms with Crippen molar-refractivity contribution in [1.29, 1.82) is 0 Å². The number of fused-ring (bicyclic) bond motifs is 1. The number of aryl methyl sites for hydroxylation is 1. The quantitative estimate of drug-likeness (QED) is 0.254. The molecule has 0 aliphatic carbocycles. The molecule has 0 aliphatic rings. The molecule has 0 bridgehead atoms. The summed E-state index contributed by atoms with van der Waals surface area (Å²) in [5, 5.41) is 0.457. The van der Waals surface area contributed by atoms with Gasteiger partial charge in [0.25, 0.3) is 5.91 Å². The van der Waals surface area contributed by atoms with E-state index in [0.717, 1.165) is 11.1 Å². The van der Waals surface area contributed by atoms with Gasteiger partial charge in [0.15, 0.2) is 5.43 Å². The van der Waals surface area contributed by atoms with E-state index >= 15 is 0 Å². The third-order valence-corrected chi connectivity index (χ3v) is 6.75. The van der Waals surface area contributed by atoms with Gasteiger partial charge in [0.2, 0.25) is 5.91 Å². The van der Waals surface area contributed by atoms with E-state index in [4.69, 9.17) is 18.6 Å². The largest absolute Gasteiger partial charge is 0.497 e. The molecule has 1 heterocycles. The molecule has 9 heteroatoms. The molecular formula is C32H34N2O7. The number of amides is 2. The van der Waals surface area contributed by atoms with Crippen LogP contribution in [-0.2, 0) is 22.6 Å². The summed E-state index contributed by atoms with van der Waals surface area (Å²) in [6.07, 6.45) is 1.40. The lowest BCUT2D eigenvalue weighted by Crippen LogP contribution is -2.44. The summed E-state index contributed by atoms with van der Waals surface area (Å²) >= 11 is 0. The molecule has 0 radical (unpaired) electrons. The van der Waals surface area contributed by atoms with Crippen LogP contribution in [0.4, 0.5) is 0 Å². The minimum atomic E-state index is -0.393. The molecule has 4 rings (SSSR count). The Morgan fingerprint density at radius 3 is 2.37 bits per heavy atom. The zero-order valence-electron chi connectivity index (χ0n) is 23.7. The van der Waals surface area contributed by atoms with Crippen molar-refractivity contribution >= 4 is 22.8 Å². The maximum atomic E-state index is 13.9. The van der Waals surface area contributed by atoms with Crippen LogP contribution in [0.5, 0.6) is 11.5 Å². The molecule has 2 amide bonds. The lowest BCUT2D eigenvalue weighted by molar-refractivity contribution is -0.133.